The molecule has 0 saturated carbocycles. The van der Waals surface area contributed by atoms with E-state index in [-0.39, 0.29) is 5.78 Å². The van der Waals surface area contributed by atoms with Crippen LogP contribution in [0.5, 0.6) is 0 Å². The molecule has 0 atom stereocenters. The molecule has 1 aromatic heterocycles. The van der Waals surface area contributed by atoms with E-state index in [0.29, 0.717) is 16.1 Å². The predicted octanol–water partition coefficient (Wildman–Crippen LogP) is 6.86. The normalized spacial score (nSPS) is 10.9. The molecule has 1 heterocycles. The number of ketones is 1. The first kappa shape index (κ1) is 19.5. The van der Waals surface area contributed by atoms with Crippen molar-refractivity contribution in [2.75, 3.05) is 4.72 Å². The number of nitrogens with zero attached hydrogens (tertiary/aromatic N) is 1. The van der Waals surface area contributed by atoms with Gasteiger partial charge in [-0.3, -0.25) is 9.78 Å². The monoisotopic (exact) mass is 418 g/mol. The number of rotatable bonds is 5. The van der Waals surface area contributed by atoms with E-state index < -0.39 is 0 Å². The molecule has 29 heavy (non-hydrogen) atoms. The van der Waals surface area contributed by atoms with Crippen LogP contribution in [0.2, 0.25) is 5.02 Å². The Labute approximate surface area is 179 Å². The van der Waals surface area contributed by atoms with Crippen molar-refractivity contribution >= 4 is 45.9 Å². The Morgan fingerprint density at radius 3 is 2.55 bits per heavy atom. The molecular formula is C24H19ClN2OS. The first-order valence-corrected chi connectivity index (χ1v) is 10.4. The summed E-state index contributed by atoms with van der Waals surface area (Å²) in [6.07, 6.45) is 0. The highest BCUT2D eigenvalue weighted by atomic mass is 35.5. The van der Waals surface area contributed by atoms with Gasteiger partial charge in [0.15, 0.2) is 5.78 Å². The largest absolute Gasteiger partial charge is 0.326 e. The number of pyridine rings is 1. The number of aromatic nitrogens is 1. The van der Waals surface area contributed by atoms with Gasteiger partial charge in [0.25, 0.3) is 0 Å². The summed E-state index contributed by atoms with van der Waals surface area (Å²) in [5, 5.41) is 1.53. The molecule has 0 unspecified atom stereocenters. The van der Waals surface area contributed by atoms with Gasteiger partial charge in [0.2, 0.25) is 0 Å². The summed E-state index contributed by atoms with van der Waals surface area (Å²) in [5.41, 5.74) is 5.08. The first-order valence-electron chi connectivity index (χ1n) is 9.21. The van der Waals surface area contributed by atoms with E-state index in [0.717, 1.165) is 32.7 Å². The number of carbonyl (C=O) groups is 1. The minimum atomic E-state index is -0.0602. The van der Waals surface area contributed by atoms with E-state index in [2.05, 4.69) is 21.8 Å². The third kappa shape index (κ3) is 4.29. The van der Waals surface area contributed by atoms with Gasteiger partial charge < -0.3 is 4.72 Å². The van der Waals surface area contributed by atoms with Crippen molar-refractivity contribution in [3.63, 3.8) is 0 Å². The summed E-state index contributed by atoms with van der Waals surface area (Å²) in [4.78, 5) is 18.3. The van der Waals surface area contributed by atoms with Gasteiger partial charge in [0.1, 0.15) is 0 Å². The van der Waals surface area contributed by atoms with Gasteiger partial charge in [-0.15, -0.1) is 0 Å². The van der Waals surface area contributed by atoms with Crippen LogP contribution < -0.4 is 4.72 Å². The molecule has 0 amide bonds. The summed E-state index contributed by atoms with van der Waals surface area (Å²) < 4.78 is 3.33. The van der Waals surface area contributed by atoms with Crippen molar-refractivity contribution in [2.24, 2.45) is 0 Å². The van der Waals surface area contributed by atoms with Crippen LogP contribution in [0.4, 0.5) is 5.69 Å². The van der Waals surface area contributed by atoms with E-state index in [1.807, 2.05) is 68.4 Å². The maximum absolute atomic E-state index is 12.8. The lowest BCUT2D eigenvalue weighted by atomic mass is 9.99. The van der Waals surface area contributed by atoms with E-state index in [1.54, 1.807) is 6.07 Å². The number of aryl methyl sites for hydroxylation is 2. The molecular weight excluding hydrogens is 400 g/mol. The molecule has 144 valence electrons. The Kier molecular flexibility index (Phi) is 5.56. The fourth-order valence-corrected chi connectivity index (χ4v) is 4.13. The standard InChI is InChI=1S/C24H19ClN2OS/c1-15-5-3-4-6-20(15)24(28)21-11-10-19(14-22(21)25)29-27-18-9-12-23-17(13-18)8-7-16(2)26-23/h3-14,27H,1-2H3. The van der Waals surface area contributed by atoms with Crippen molar-refractivity contribution in [1.82, 2.24) is 4.98 Å². The van der Waals surface area contributed by atoms with Gasteiger partial charge in [-0.1, -0.05) is 41.9 Å². The molecule has 1 N–H and O–H groups in total. The highest BCUT2D eigenvalue weighted by molar-refractivity contribution is 8.00. The zero-order valence-electron chi connectivity index (χ0n) is 16.1. The number of anilines is 1. The van der Waals surface area contributed by atoms with E-state index in [1.165, 1.54) is 11.9 Å². The van der Waals surface area contributed by atoms with Crippen LogP contribution in [-0.2, 0) is 0 Å². The number of hydrogen-bond acceptors (Lipinski definition) is 4. The lowest BCUT2D eigenvalue weighted by Crippen LogP contribution is -2.04. The molecule has 5 heteroatoms. The van der Waals surface area contributed by atoms with Gasteiger partial charge >= 0.3 is 0 Å². The van der Waals surface area contributed by atoms with Gasteiger partial charge in [-0.2, -0.15) is 0 Å². The molecule has 0 bridgehead atoms. The van der Waals surface area contributed by atoms with E-state index in [4.69, 9.17) is 11.6 Å². The zero-order valence-corrected chi connectivity index (χ0v) is 17.6. The lowest BCUT2D eigenvalue weighted by Gasteiger charge is -2.10. The molecule has 0 aliphatic carbocycles. The number of carbonyl (C=O) groups excluding carboxylic acids is 1. The highest BCUT2D eigenvalue weighted by Crippen LogP contribution is 2.29. The van der Waals surface area contributed by atoms with E-state index in [9.17, 15) is 4.79 Å². The third-order valence-corrected chi connectivity index (χ3v) is 5.83. The van der Waals surface area contributed by atoms with E-state index >= 15 is 0 Å². The zero-order chi connectivity index (χ0) is 20.4. The summed E-state index contributed by atoms with van der Waals surface area (Å²) in [5.74, 6) is -0.0602. The summed E-state index contributed by atoms with van der Waals surface area (Å²) in [7, 11) is 0. The Hall–Kier alpha value is -2.82. The minimum absolute atomic E-state index is 0.0602. The Morgan fingerprint density at radius 2 is 1.76 bits per heavy atom. The third-order valence-electron chi connectivity index (χ3n) is 4.69. The summed E-state index contributed by atoms with van der Waals surface area (Å²) in [6.45, 7) is 3.91. The Balaban J connectivity index is 1.50. The smallest absolute Gasteiger partial charge is 0.194 e. The molecule has 0 saturated heterocycles. The quantitative estimate of drug-likeness (QED) is 0.284. The number of fused-ring (bicyclic) bond motifs is 1. The topological polar surface area (TPSA) is 42.0 Å². The highest BCUT2D eigenvalue weighted by Gasteiger charge is 2.15. The predicted molar refractivity (Wildman–Crippen MR) is 122 cm³/mol. The second-order valence-corrected chi connectivity index (χ2v) is 8.14. The second kappa shape index (κ2) is 8.27. The molecule has 0 aliphatic rings. The van der Waals surface area contributed by atoms with Crippen LogP contribution in [0, 0.1) is 13.8 Å². The summed E-state index contributed by atoms with van der Waals surface area (Å²) in [6, 6.07) is 23.2. The fraction of sp³-hybridized carbons (Fsp3) is 0.0833. The molecule has 0 aliphatic heterocycles. The molecule has 0 radical (unpaired) electrons. The number of hydrogen-bond donors (Lipinski definition) is 1. The molecule has 3 aromatic carbocycles. The number of nitrogens with one attached hydrogen (secondary N) is 1. The van der Waals surface area contributed by atoms with Crippen LogP contribution in [0.25, 0.3) is 10.9 Å². The van der Waals surface area contributed by atoms with Gasteiger partial charge in [-0.05, 0) is 73.8 Å². The average molecular weight is 419 g/mol. The van der Waals surface area contributed by atoms with Crippen molar-refractivity contribution in [3.8, 4) is 0 Å². The van der Waals surface area contributed by atoms with Gasteiger partial charge in [0.05, 0.1) is 10.5 Å². The average Bonchev–Trinajstić information content (AvgIpc) is 2.72. The Morgan fingerprint density at radius 1 is 0.931 bits per heavy atom. The van der Waals surface area contributed by atoms with Crippen molar-refractivity contribution < 1.29 is 4.79 Å². The van der Waals surface area contributed by atoms with Crippen molar-refractivity contribution in [2.45, 2.75) is 18.7 Å². The maximum atomic E-state index is 12.8. The minimum Gasteiger partial charge on any atom is -0.326 e. The molecule has 3 nitrogen and oxygen atoms in total. The maximum Gasteiger partial charge on any atom is 0.194 e. The van der Waals surface area contributed by atoms with Crippen molar-refractivity contribution in [3.05, 3.63) is 100 Å². The molecule has 4 rings (SSSR count). The van der Waals surface area contributed by atoms with Crippen molar-refractivity contribution in [1.29, 1.82) is 0 Å². The van der Waals surface area contributed by atoms with Crippen LogP contribution >= 0.6 is 23.5 Å². The SMILES string of the molecule is Cc1ccc2cc(NSc3ccc(C(=O)c4ccccc4C)c(Cl)c3)ccc2n1. The van der Waals surface area contributed by atoms with Crippen LogP contribution in [-0.4, -0.2) is 10.8 Å². The lowest BCUT2D eigenvalue weighted by molar-refractivity contribution is 0.103. The molecule has 0 spiro atoms. The van der Waals surface area contributed by atoms with Gasteiger partial charge in [-0.25, -0.2) is 0 Å². The number of benzene rings is 3. The molecule has 0 fully saturated rings. The Bertz CT molecular complexity index is 1220. The van der Waals surface area contributed by atoms with Crippen LogP contribution in [0.15, 0.2) is 77.7 Å². The first-order chi connectivity index (χ1) is 14.0. The molecule has 4 aromatic rings. The number of halogens is 1. The van der Waals surface area contributed by atoms with Crippen LogP contribution in [0.3, 0.4) is 0 Å². The second-order valence-electron chi connectivity index (χ2n) is 6.85. The summed E-state index contributed by atoms with van der Waals surface area (Å²) >= 11 is 7.88. The van der Waals surface area contributed by atoms with Crippen LogP contribution in [0.1, 0.15) is 27.2 Å². The van der Waals surface area contributed by atoms with Gasteiger partial charge in [0, 0.05) is 32.8 Å². The fourth-order valence-electron chi connectivity index (χ4n) is 3.13.